The summed E-state index contributed by atoms with van der Waals surface area (Å²) in [5, 5.41) is 2.61. The van der Waals surface area contributed by atoms with Gasteiger partial charge in [0, 0.05) is 0 Å². The Hall–Kier alpha value is -0.900. The quantitative estimate of drug-likeness (QED) is 0.533. The molecule has 0 rings (SSSR count). The van der Waals surface area contributed by atoms with Gasteiger partial charge < -0.3 is 10.1 Å². The highest BCUT2D eigenvalue weighted by Gasteiger charge is 1.98. The van der Waals surface area contributed by atoms with Crippen molar-refractivity contribution in [2.45, 2.75) is 6.92 Å². The SMILES string of the molecule is COC(=O)CNCC(C)=O. The Balaban J connectivity index is 3.20. The van der Waals surface area contributed by atoms with Gasteiger partial charge in [0.05, 0.1) is 20.2 Å². The van der Waals surface area contributed by atoms with Crippen LogP contribution in [0.3, 0.4) is 0 Å². The maximum atomic E-state index is 10.4. The molecule has 0 amide bonds. The maximum Gasteiger partial charge on any atom is 0.319 e. The third-order valence-corrected chi connectivity index (χ3v) is 0.871. The largest absolute Gasteiger partial charge is 0.468 e. The van der Waals surface area contributed by atoms with E-state index in [2.05, 4.69) is 10.1 Å². The van der Waals surface area contributed by atoms with Crippen molar-refractivity contribution in [3.63, 3.8) is 0 Å². The standard InChI is InChI=1S/C6H11NO3/c1-5(8)3-7-4-6(9)10-2/h7H,3-4H2,1-2H3. The first-order valence-corrected chi connectivity index (χ1v) is 2.93. The van der Waals surface area contributed by atoms with Crippen LogP contribution in [0.2, 0.25) is 0 Å². The number of nitrogens with one attached hydrogen (secondary N) is 1. The van der Waals surface area contributed by atoms with Crippen LogP contribution in [0, 0.1) is 0 Å². The van der Waals surface area contributed by atoms with Gasteiger partial charge >= 0.3 is 5.97 Å². The number of ether oxygens (including phenoxy) is 1. The average molecular weight is 145 g/mol. The second kappa shape index (κ2) is 4.93. The predicted octanol–water partition coefficient (Wildman–Crippen LogP) is -0.662. The van der Waals surface area contributed by atoms with E-state index < -0.39 is 0 Å². The van der Waals surface area contributed by atoms with E-state index >= 15 is 0 Å². The lowest BCUT2D eigenvalue weighted by atomic mass is 10.4. The molecule has 0 aromatic carbocycles. The summed E-state index contributed by atoms with van der Waals surface area (Å²) in [6, 6.07) is 0. The fourth-order valence-corrected chi connectivity index (χ4v) is 0.413. The Morgan fingerprint density at radius 2 is 2.00 bits per heavy atom. The monoisotopic (exact) mass is 145 g/mol. The molecular weight excluding hydrogens is 134 g/mol. The minimum Gasteiger partial charge on any atom is -0.468 e. The number of rotatable bonds is 4. The van der Waals surface area contributed by atoms with Gasteiger partial charge in [0.15, 0.2) is 0 Å². The van der Waals surface area contributed by atoms with E-state index in [1.165, 1.54) is 14.0 Å². The molecule has 0 aliphatic rings. The van der Waals surface area contributed by atoms with Gasteiger partial charge in [-0.15, -0.1) is 0 Å². The van der Waals surface area contributed by atoms with E-state index in [0.29, 0.717) is 0 Å². The number of Topliss-reactive ketones (excluding diaryl/α,β-unsaturated/α-hetero) is 1. The molecule has 0 aromatic rings. The van der Waals surface area contributed by atoms with Gasteiger partial charge in [-0.25, -0.2) is 0 Å². The lowest BCUT2D eigenvalue weighted by molar-refractivity contribution is -0.139. The third-order valence-electron chi connectivity index (χ3n) is 0.871. The lowest BCUT2D eigenvalue weighted by Gasteiger charge is -1.98. The molecule has 58 valence electrons. The Kier molecular flexibility index (Phi) is 4.49. The lowest BCUT2D eigenvalue weighted by Crippen LogP contribution is -2.27. The van der Waals surface area contributed by atoms with E-state index in [0.717, 1.165) is 0 Å². The van der Waals surface area contributed by atoms with Crippen LogP contribution in [-0.4, -0.2) is 32.0 Å². The molecule has 4 heteroatoms. The van der Waals surface area contributed by atoms with Crippen LogP contribution in [0.4, 0.5) is 0 Å². The van der Waals surface area contributed by atoms with Crippen LogP contribution in [0.25, 0.3) is 0 Å². The first kappa shape index (κ1) is 9.10. The molecule has 0 aliphatic heterocycles. The van der Waals surface area contributed by atoms with Crippen LogP contribution in [0.15, 0.2) is 0 Å². The van der Waals surface area contributed by atoms with Crippen molar-refractivity contribution in [2.75, 3.05) is 20.2 Å². The molecule has 0 radical (unpaired) electrons. The summed E-state index contributed by atoms with van der Waals surface area (Å²) in [4.78, 5) is 20.7. The van der Waals surface area contributed by atoms with Gasteiger partial charge in [0.2, 0.25) is 0 Å². The van der Waals surface area contributed by atoms with E-state index in [4.69, 9.17) is 0 Å². The fraction of sp³-hybridized carbons (Fsp3) is 0.667. The number of hydrogen-bond acceptors (Lipinski definition) is 4. The van der Waals surface area contributed by atoms with Crippen molar-refractivity contribution in [3.05, 3.63) is 0 Å². The number of carbonyl (C=O) groups is 2. The van der Waals surface area contributed by atoms with Crippen molar-refractivity contribution in [1.29, 1.82) is 0 Å². The first-order chi connectivity index (χ1) is 4.66. The molecule has 1 N–H and O–H groups in total. The summed E-state index contributed by atoms with van der Waals surface area (Å²) in [6.07, 6.45) is 0. The van der Waals surface area contributed by atoms with Crippen LogP contribution in [0.5, 0.6) is 0 Å². The van der Waals surface area contributed by atoms with E-state index in [-0.39, 0.29) is 24.8 Å². The van der Waals surface area contributed by atoms with Crippen molar-refractivity contribution in [2.24, 2.45) is 0 Å². The summed E-state index contributed by atoms with van der Waals surface area (Å²) >= 11 is 0. The molecular formula is C6H11NO3. The molecule has 0 saturated heterocycles. The summed E-state index contributed by atoms with van der Waals surface area (Å²) in [7, 11) is 1.30. The van der Waals surface area contributed by atoms with Gasteiger partial charge in [-0.3, -0.25) is 9.59 Å². The average Bonchev–Trinajstić information content (AvgIpc) is 1.87. The molecule has 0 bridgehead atoms. The second-order valence-corrected chi connectivity index (χ2v) is 1.88. The number of hydrogen-bond donors (Lipinski definition) is 1. The molecule has 0 unspecified atom stereocenters. The maximum absolute atomic E-state index is 10.4. The van der Waals surface area contributed by atoms with Gasteiger partial charge in [0.25, 0.3) is 0 Å². The third kappa shape index (κ3) is 5.24. The van der Waals surface area contributed by atoms with Crippen LogP contribution >= 0.6 is 0 Å². The van der Waals surface area contributed by atoms with Gasteiger partial charge in [-0.05, 0) is 6.92 Å². The van der Waals surface area contributed by atoms with Gasteiger partial charge in [-0.2, -0.15) is 0 Å². The smallest absolute Gasteiger partial charge is 0.319 e. The minimum absolute atomic E-state index is 0.00361. The zero-order chi connectivity index (χ0) is 7.98. The van der Waals surface area contributed by atoms with Gasteiger partial charge in [0.1, 0.15) is 5.78 Å². The Bertz CT molecular complexity index is 133. The highest BCUT2D eigenvalue weighted by Crippen LogP contribution is 1.69. The highest BCUT2D eigenvalue weighted by molar-refractivity contribution is 5.78. The Labute approximate surface area is 59.6 Å². The summed E-state index contributed by atoms with van der Waals surface area (Å²) in [5.74, 6) is -0.356. The Morgan fingerprint density at radius 1 is 1.40 bits per heavy atom. The predicted molar refractivity (Wildman–Crippen MR) is 35.6 cm³/mol. The molecule has 0 atom stereocenters. The van der Waals surface area contributed by atoms with Crippen molar-refractivity contribution in [1.82, 2.24) is 5.32 Å². The number of ketones is 1. The highest BCUT2D eigenvalue weighted by atomic mass is 16.5. The Morgan fingerprint density at radius 3 is 2.40 bits per heavy atom. The minimum atomic E-state index is -0.360. The molecule has 0 aliphatic carbocycles. The summed E-state index contributed by atoms with van der Waals surface area (Å²) in [5.41, 5.74) is 0. The summed E-state index contributed by atoms with van der Waals surface area (Å²) < 4.78 is 4.32. The van der Waals surface area contributed by atoms with Crippen molar-refractivity contribution in [3.8, 4) is 0 Å². The van der Waals surface area contributed by atoms with Gasteiger partial charge in [-0.1, -0.05) is 0 Å². The number of methoxy groups -OCH3 is 1. The molecule has 4 nitrogen and oxygen atoms in total. The second-order valence-electron chi connectivity index (χ2n) is 1.88. The summed E-state index contributed by atoms with van der Waals surface area (Å²) in [6.45, 7) is 1.76. The molecule has 0 saturated carbocycles. The number of esters is 1. The first-order valence-electron chi connectivity index (χ1n) is 2.93. The van der Waals surface area contributed by atoms with E-state index in [1.807, 2.05) is 0 Å². The normalized spacial score (nSPS) is 9.00. The van der Waals surface area contributed by atoms with Crippen molar-refractivity contribution >= 4 is 11.8 Å². The van der Waals surface area contributed by atoms with Crippen LogP contribution in [0.1, 0.15) is 6.92 Å². The molecule has 0 aromatic heterocycles. The molecule has 10 heavy (non-hydrogen) atoms. The van der Waals surface area contributed by atoms with Crippen molar-refractivity contribution < 1.29 is 14.3 Å². The molecule has 0 spiro atoms. The topological polar surface area (TPSA) is 55.4 Å². The van der Waals surface area contributed by atoms with E-state index in [9.17, 15) is 9.59 Å². The fourth-order valence-electron chi connectivity index (χ4n) is 0.413. The molecule has 0 fully saturated rings. The number of carbonyl (C=O) groups excluding carboxylic acids is 2. The van der Waals surface area contributed by atoms with Crippen LogP contribution < -0.4 is 5.32 Å². The molecule has 0 heterocycles. The van der Waals surface area contributed by atoms with Crippen LogP contribution in [-0.2, 0) is 14.3 Å². The zero-order valence-corrected chi connectivity index (χ0v) is 6.14. The zero-order valence-electron chi connectivity index (χ0n) is 6.14. The van der Waals surface area contributed by atoms with E-state index in [1.54, 1.807) is 0 Å².